The van der Waals surface area contributed by atoms with Gasteiger partial charge in [-0.2, -0.15) is 0 Å². The van der Waals surface area contributed by atoms with Gasteiger partial charge < -0.3 is 4.89 Å². The van der Waals surface area contributed by atoms with E-state index in [2.05, 4.69) is 6.92 Å². The molecule has 0 aliphatic carbocycles. The molecule has 0 saturated carbocycles. The summed E-state index contributed by atoms with van der Waals surface area (Å²) in [6.07, 6.45) is 7.96. The van der Waals surface area contributed by atoms with E-state index in [1.807, 2.05) is 0 Å². The van der Waals surface area contributed by atoms with Crippen molar-refractivity contribution in [3.8, 4) is 0 Å². The van der Waals surface area contributed by atoms with E-state index in [1.165, 1.54) is 38.5 Å². The Kier molecular flexibility index (Phi) is 4.93. The monoisotopic (exact) mass is 220 g/mol. The van der Waals surface area contributed by atoms with Crippen LogP contribution in [0.2, 0.25) is 0 Å². The van der Waals surface area contributed by atoms with Gasteiger partial charge in [0.05, 0.1) is 6.26 Å². The minimum atomic E-state index is -1.82. The van der Waals surface area contributed by atoms with E-state index in [1.54, 1.807) is 0 Å². The van der Waals surface area contributed by atoms with Crippen LogP contribution in [0.3, 0.4) is 0 Å². The van der Waals surface area contributed by atoms with E-state index < -0.39 is 6.26 Å². The van der Waals surface area contributed by atoms with E-state index in [0.717, 1.165) is 18.2 Å². The van der Waals surface area contributed by atoms with Gasteiger partial charge in [0.1, 0.15) is 0 Å². The second-order valence-corrected chi connectivity index (χ2v) is 8.80. The SMILES string of the molecule is CCCCCCC1CCP(O)(=S)C1. The molecule has 0 amide bonds. The number of hydrogen-bond donors (Lipinski definition) is 1. The first-order valence-electron chi connectivity index (χ1n) is 5.45. The molecule has 1 fully saturated rings. The molecule has 1 N–H and O–H groups in total. The molecule has 1 aliphatic rings. The molecule has 78 valence electrons. The largest absolute Gasteiger partial charge is 0.365 e. The fourth-order valence-corrected chi connectivity index (χ4v) is 5.14. The van der Waals surface area contributed by atoms with Gasteiger partial charge in [0, 0.05) is 6.16 Å². The van der Waals surface area contributed by atoms with Crippen molar-refractivity contribution in [2.24, 2.45) is 5.92 Å². The molecule has 0 radical (unpaired) electrons. The molecule has 3 heteroatoms. The van der Waals surface area contributed by atoms with E-state index in [0.29, 0.717) is 0 Å². The zero-order chi connectivity index (χ0) is 9.73. The molecule has 1 heterocycles. The minimum absolute atomic E-state index is 0.757. The highest BCUT2D eigenvalue weighted by Gasteiger charge is 2.27. The van der Waals surface area contributed by atoms with E-state index in [4.69, 9.17) is 11.8 Å². The van der Waals surface area contributed by atoms with Crippen molar-refractivity contribution in [2.75, 3.05) is 12.3 Å². The molecule has 1 saturated heterocycles. The molecule has 0 aromatic carbocycles. The van der Waals surface area contributed by atoms with Crippen LogP contribution in [0, 0.1) is 5.92 Å². The Bertz CT molecular complexity index is 193. The van der Waals surface area contributed by atoms with Crippen LogP contribution in [0.1, 0.15) is 45.4 Å². The summed E-state index contributed by atoms with van der Waals surface area (Å²) in [5, 5.41) is 0. The van der Waals surface area contributed by atoms with Crippen LogP contribution >= 0.6 is 6.26 Å². The molecule has 1 rings (SSSR count). The summed E-state index contributed by atoms with van der Waals surface area (Å²) < 4.78 is 0. The maximum absolute atomic E-state index is 9.69. The average Bonchev–Trinajstić information content (AvgIpc) is 2.40. The van der Waals surface area contributed by atoms with Crippen molar-refractivity contribution >= 4 is 18.1 Å². The summed E-state index contributed by atoms with van der Waals surface area (Å²) in [4.78, 5) is 9.69. The number of unbranched alkanes of at least 4 members (excludes halogenated alkanes) is 3. The van der Waals surface area contributed by atoms with Crippen molar-refractivity contribution in [2.45, 2.75) is 45.4 Å². The Morgan fingerprint density at radius 2 is 2.15 bits per heavy atom. The quantitative estimate of drug-likeness (QED) is 0.566. The van der Waals surface area contributed by atoms with Crippen molar-refractivity contribution < 1.29 is 4.89 Å². The van der Waals surface area contributed by atoms with Gasteiger partial charge in [-0.05, 0) is 24.9 Å². The first kappa shape index (κ1) is 11.7. The minimum Gasteiger partial charge on any atom is -0.365 e. The van der Waals surface area contributed by atoms with Crippen LogP contribution < -0.4 is 0 Å². The number of rotatable bonds is 5. The van der Waals surface area contributed by atoms with Gasteiger partial charge in [0.2, 0.25) is 0 Å². The lowest BCUT2D eigenvalue weighted by Gasteiger charge is -2.09. The Morgan fingerprint density at radius 3 is 2.69 bits per heavy atom. The highest BCUT2D eigenvalue weighted by atomic mass is 32.4. The predicted molar refractivity (Wildman–Crippen MR) is 63.1 cm³/mol. The summed E-state index contributed by atoms with van der Waals surface area (Å²) in [5.74, 6) is 0.757. The summed E-state index contributed by atoms with van der Waals surface area (Å²) in [6.45, 7) is 2.24. The average molecular weight is 220 g/mol. The molecule has 0 spiro atoms. The van der Waals surface area contributed by atoms with Gasteiger partial charge in [-0.1, -0.05) is 44.4 Å². The Labute approximate surface area is 87.0 Å². The van der Waals surface area contributed by atoms with Gasteiger partial charge in [-0.3, -0.25) is 0 Å². The van der Waals surface area contributed by atoms with Gasteiger partial charge in [0.15, 0.2) is 0 Å². The summed E-state index contributed by atoms with van der Waals surface area (Å²) in [5.41, 5.74) is 0. The normalized spacial score (nSPS) is 33.8. The van der Waals surface area contributed by atoms with Crippen LogP contribution in [0.5, 0.6) is 0 Å². The fourth-order valence-electron chi connectivity index (χ4n) is 2.07. The molecule has 0 aromatic heterocycles. The molecule has 2 atom stereocenters. The van der Waals surface area contributed by atoms with Gasteiger partial charge in [0.25, 0.3) is 0 Å². The van der Waals surface area contributed by atoms with Crippen molar-refractivity contribution in [1.29, 1.82) is 0 Å². The summed E-state index contributed by atoms with van der Waals surface area (Å²) in [6, 6.07) is 0. The van der Waals surface area contributed by atoms with Crippen LogP contribution in [0.15, 0.2) is 0 Å². The molecule has 0 aromatic rings. The van der Waals surface area contributed by atoms with Crippen molar-refractivity contribution in [1.82, 2.24) is 0 Å². The summed E-state index contributed by atoms with van der Waals surface area (Å²) in [7, 11) is 0. The molecular weight excluding hydrogens is 199 g/mol. The van der Waals surface area contributed by atoms with E-state index in [9.17, 15) is 4.89 Å². The van der Waals surface area contributed by atoms with E-state index >= 15 is 0 Å². The Hall–Kier alpha value is 0.610. The second kappa shape index (κ2) is 5.48. The zero-order valence-corrected chi connectivity index (χ0v) is 10.2. The molecule has 2 unspecified atom stereocenters. The predicted octanol–water partition coefficient (Wildman–Crippen LogP) is 3.36. The second-order valence-electron chi connectivity index (χ2n) is 4.26. The van der Waals surface area contributed by atoms with Crippen LogP contribution in [0.4, 0.5) is 0 Å². The molecule has 1 nitrogen and oxygen atoms in total. The van der Waals surface area contributed by atoms with Gasteiger partial charge in [-0.15, -0.1) is 0 Å². The fraction of sp³-hybridized carbons (Fsp3) is 1.00. The number of hydrogen-bond acceptors (Lipinski definition) is 1. The lowest BCUT2D eigenvalue weighted by molar-refractivity contribution is 0.497. The third-order valence-corrected chi connectivity index (χ3v) is 5.94. The third kappa shape index (κ3) is 4.58. The first-order chi connectivity index (χ1) is 6.14. The van der Waals surface area contributed by atoms with Gasteiger partial charge in [-0.25, -0.2) is 0 Å². The lowest BCUT2D eigenvalue weighted by Crippen LogP contribution is -1.97. The topological polar surface area (TPSA) is 20.2 Å². The lowest BCUT2D eigenvalue weighted by atomic mass is 10.0. The Balaban J connectivity index is 2.07. The van der Waals surface area contributed by atoms with Crippen LogP contribution in [-0.2, 0) is 11.8 Å². The van der Waals surface area contributed by atoms with Crippen LogP contribution in [0.25, 0.3) is 0 Å². The molecule has 0 bridgehead atoms. The standard InChI is InChI=1S/C10H21OPS/c1-2-3-4-5-6-10-7-8-12(11,13)9-10/h10H,2-9H2,1H3,(H,11,13). The molecule has 13 heavy (non-hydrogen) atoms. The smallest absolute Gasteiger partial charge is 0.0639 e. The maximum atomic E-state index is 9.69. The molecule has 1 aliphatic heterocycles. The third-order valence-electron chi connectivity index (χ3n) is 2.90. The highest BCUT2D eigenvalue weighted by Crippen LogP contribution is 2.51. The first-order valence-corrected chi connectivity index (χ1v) is 8.57. The van der Waals surface area contributed by atoms with Crippen molar-refractivity contribution in [3.63, 3.8) is 0 Å². The summed E-state index contributed by atoms with van der Waals surface area (Å²) >= 11 is 5.15. The van der Waals surface area contributed by atoms with Crippen LogP contribution in [-0.4, -0.2) is 17.2 Å². The van der Waals surface area contributed by atoms with Crippen molar-refractivity contribution in [3.05, 3.63) is 0 Å². The zero-order valence-electron chi connectivity index (χ0n) is 8.54. The molecular formula is C10H21OPS. The van der Waals surface area contributed by atoms with Gasteiger partial charge >= 0.3 is 0 Å². The maximum Gasteiger partial charge on any atom is 0.0639 e. The highest BCUT2D eigenvalue weighted by molar-refractivity contribution is 8.11. The Morgan fingerprint density at radius 1 is 1.38 bits per heavy atom. The van der Waals surface area contributed by atoms with E-state index in [-0.39, 0.29) is 0 Å².